The van der Waals surface area contributed by atoms with Crippen LogP contribution in [0.5, 0.6) is 0 Å². The molecule has 0 aromatic heterocycles. The number of aliphatic hydroxyl groups excluding tert-OH is 1. The van der Waals surface area contributed by atoms with E-state index < -0.39 is 23.9 Å². The molecule has 3 rings (SSSR count). The lowest BCUT2D eigenvalue weighted by atomic mass is 10.1. The summed E-state index contributed by atoms with van der Waals surface area (Å²) < 4.78 is 13.4. The quantitative estimate of drug-likeness (QED) is 0.860. The molecular formula is C19H18ClFN2O3. The number of nitrogens with zero attached hydrogens (tertiary/aromatic N) is 1. The largest absolute Gasteiger partial charge is 0.391 e. The zero-order valence-corrected chi connectivity index (χ0v) is 14.6. The molecule has 2 atom stereocenters. The number of hydrogen-bond donors (Lipinski definition) is 2. The molecule has 0 spiro atoms. The summed E-state index contributed by atoms with van der Waals surface area (Å²) in [6.45, 7) is 0.318. The second-order valence-corrected chi connectivity index (χ2v) is 6.65. The van der Waals surface area contributed by atoms with Crippen LogP contribution in [0.15, 0.2) is 48.5 Å². The fourth-order valence-electron chi connectivity index (χ4n) is 2.98. The molecule has 2 aromatic rings. The van der Waals surface area contributed by atoms with Gasteiger partial charge in [0.1, 0.15) is 11.9 Å². The number of halogens is 2. The second kappa shape index (κ2) is 7.85. The van der Waals surface area contributed by atoms with Crippen LogP contribution in [0, 0.1) is 5.82 Å². The van der Waals surface area contributed by atoms with Crippen molar-refractivity contribution in [3.63, 3.8) is 0 Å². The van der Waals surface area contributed by atoms with E-state index in [2.05, 4.69) is 5.32 Å². The highest BCUT2D eigenvalue weighted by Gasteiger charge is 2.39. The van der Waals surface area contributed by atoms with Crippen LogP contribution in [-0.4, -0.2) is 40.5 Å². The highest BCUT2D eigenvalue weighted by Crippen LogP contribution is 2.21. The number of likely N-dealkylation sites (tertiary alicyclic amines) is 1. The van der Waals surface area contributed by atoms with Crippen LogP contribution in [0.4, 0.5) is 4.39 Å². The first-order valence-electron chi connectivity index (χ1n) is 8.21. The van der Waals surface area contributed by atoms with Crippen molar-refractivity contribution in [1.29, 1.82) is 0 Å². The number of amides is 2. The van der Waals surface area contributed by atoms with Gasteiger partial charge in [0, 0.05) is 30.1 Å². The minimum Gasteiger partial charge on any atom is -0.391 e. The molecule has 0 bridgehead atoms. The third-order valence-corrected chi connectivity index (χ3v) is 4.55. The third kappa shape index (κ3) is 4.20. The third-order valence-electron chi connectivity index (χ3n) is 4.29. The van der Waals surface area contributed by atoms with Crippen molar-refractivity contribution in [2.45, 2.75) is 25.1 Å². The molecule has 7 heteroatoms. The fraction of sp³-hybridized carbons (Fsp3) is 0.263. The van der Waals surface area contributed by atoms with E-state index in [1.807, 2.05) is 0 Å². The summed E-state index contributed by atoms with van der Waals surface area (Å²) in [5.74, 6) is -1.37. The smallest absolute Gasteiger partial charge is 0.254 e. The molecular weight excluding hydrogens is 359 g/mol. The van der Waals surface area contributed by atoms with E-state index in [9.17, 15) is 19.1 Å². The van der Waals surface area contributed by atoms with Gasteiger partial charge in [-0.1, -0.05) is 29.8 Å². The van der Waals surface area contributed by atoms with Crippen molar-refractivity contribution in [3.8, 4) is 0 Å². The van der Waals surface area contributed by atoms with Gasteiger partial charge in [-0.3, -0.25) is 9.59 Å². The molecule has 1 aliphatic rings. The molecule has 0 aliphatic carbocycles. The number of carbonyl (C=O) groups is 2. The zero-order valence-electron chi connectivity index (χ0n) is 13.9. The molecule has 2 aromatic carbocycles. The molecule has 2 amide bonds. The van der Waals surface area contributed by atoms with Gasteiger partial charge in [0.05, 0.1) is 6.10 Å². The van der Waals surface area contributed by atoms with Gasteiger partial charge in [-0.05, 0) is 35.9 Å². The Balaban J connectivity index is 1.69. The molecule has 5 nitrogen and oxygen atoms in total. The maximum Gasteiger partial charge on any atom is 0.254 e. The molecule has 1 aliphatic heterocycles. The van der Waals surface area contributed by atoms with Crippen LogP contribution >= 0.6 is 11.6 Å². The lowest BCUT2D eigenvalue weighted by molar-refractivity contribution is -0.125. The summed E-state index contributed by atoms with van der Waals surface area (Å²) >= 11 is 5.83. The molecule has 26 heavy (non-hydrogen) atoms. The van der Waals surface area contributed by atoms with E-state index in [0.717, 1.165) is 11.6 Å². The number of rotatable bonds is 4. The van der Waals surface area contributed by atoms with Gasteiger partial charge >= 0.3 is 0 Å². The minimum absolute atomic E-state index is 0.0361. The van der Waals surface area contributed by atoms with Crippen molar-refractivity contribution in [2.75, 3.05) is 6.54 Å². The van der Waals surface area contributed by atoms with Crippen molar-refractivity contribution in [1.82, 2.24) is 10.2 Å². The highest BCUT2D eigenvalue weighted by atomic mass is 35.5. The van der Waals surface area contributed by atoms with E-state index in [0.29, 0.717) is 5.02 Å². The number of aliphatic hydroxyl groups is 1. The Bertz CT molecular complexity index is 813. The van der Waals surface area contributed by atoms with Gasteiger partial charge in [0.25, 0.3) is 5.91 Å². The van der Waals surface area contributed by atoms with E-state index >= 15 is 0 Å². The predicted molar refractivity (Wildman–Crippen MR) is 95.1 cm³/mol. The maximum atomic E-state index is 13.4. The van der Waals surface area contributed by atoms with E-state index in [-0.39, 0.29) is 31.0 Å². The molecule has 0 saturated carbocycles. The summed E-state index contributed by atoms with van der Waals surface area (Å²) in [5, 5.41) is 13.3. The molecule has 1 saturated heterocycles. The number of benzene rings is 2. The predicted octanol–water partition coefficient (Wildman–Crippen LogP) is 2.37. The molecule has 136 valence electrons. The fourth-order valence-corrected chi connectivity index (χ4v) is 3.11. The molecule has 1 heterocycles. The first-order valence-corrected chi connectivity index (χ1v) is 8.58. The highest BCUT2D eigenvalue weighted by molar-refractivity contribution is 6.30. The monoisotopic (exact) mass is 376 g/mol. The molecule has 1 fully saturated rings. The number of hydrogen-bond acceptors (Lipinski definition) is 3. The Morgan fingerprint density at radius 1 is 1.23 bits per heavy atom. The SMILES string of the molecule is O=C(NCc1ccc(Cl)cc1)[C@@H]1C[C@@H](O)CN1C(=O)c1cccc(F)c1. The number of β-amino-alcohol motifs (C(OH)–C–C–N with tert-alkyl or cyclic N) is 1. The van der Waals surface area contributed by atoms with E-state index in [4.69, 9.17) is 11.6 Å². The lowest BCUT2D eigenvalue weighted by Gasteiger charge is -2.23. The van der Waals surface area contributed by atoms with Crippen LogP contribution < -0.4 is 5.32 Å². The standard InChI is InChI=1S/C19H18ClFN2O3/c20-14-6-4-12(5-7-14)10-22-18(25)17-9-16(24)11-23(17)19(26)13-2-1-3-15(21)8-13/h1-8,16-17,24H,9-11H2,(H,22,25)/t16-,17+/m1/s1. The molecule has 2 N–H and O–H groups in total. The molecule has 0 unspecified atom stereocenters. The van der Waals surface area contributed by atoms with Crippen LogP contribution in [0.2, 0.25) is 5.02 Å². The Morgan fingerprint density at radius 2 is 1.96 bits per heavy atom. The Morgan fingerprint density at radius 3 is 2.65 bits per heavy atom. The average Bonchev–Trinajstić information content (AvgIpc) is 3.02. The van der Waals surface area contributed by atoms with Gasteiger partial charge in [-0.25, -0.2) is 4.39 Å². The summed E-state index contributed by atoms with van der Waals surface area (Å²) in [4.78, 5) is 26.4. The van der Waals surface area contributed by atoms with Gasteiger partial charge in [-0.15, -0.1) is 0 Å². The first-order chi connectivity index (χ1) is 12.4. The topological polar surface area (TPSA) is 69.6 Å². The van der Waals surface area contributed by atoms with Crippen LogP contribution in [-0.2, 0) is 11.3 Å². The van der Waals surface area contributed by atoms with Crippen molar-refractivity contribution >= 4 is 23.4 Å². The van der Waals surface area contributed by atoms with Crippen LogP contribution in [0.25, 0.3) is 0 Å². The van der Waals surface area contributed by atoms with Gasteiger partial charge in [-0.2, -0.15) is 0 Å². The van der Waals surface area contributed by atoms with E-state index in [1.165, 1.54) is 23.1 Å². The van der Waals surface area contributed by atoms with Gasteiger partial charge < -0.3 is 15.3 Å². The summed E-state index contributed by atoms with van der Waals surface area (Å²) in [6, 6.07) is 11.5. The number of carbonyl (C=O) groups excluding carboxylic acids is 2. The first kappa shape index (κ1) is 18.4. The second-order valence-electron chi connectivity index (χ2n) is 6.22. The van der Waals surface area contributed by atoms with Crippen LogP contribution in [0.1, 0.15) is 22.3 Å². The van der Waals surface area contributed by atoms with Crippen LogP contribution in [0.3, 0.4) is 0 Å². The molecule has 0 radical (unpaired) electrons. The van der Waals surface area contributed by atoms with Gasteiger partial charge in [0.15, 0.2) is 0 Å². The summed E-state index contributed by atoms with van der Waals surface area (Å²) in [6.07, 6.45) is -0.646. The van der Waals surface area contributed by atoms with Crippen molar-refractivity contribution in [2.24, 2.45) is 0 Å². The Labute approximate surface area is 155 Å². The average molecular weight is 377 g/mol. The summed E-state index contributed by atoms with van der Waals surface area (Å²) in [5.41, 5.74) is 1.01. The van der Waals surface area contributed by atoms with Crippen molar-refractivity contribution in [3.05, 3.63) is 70.5 Å². The van der Waals surface area contributed by atoms with E-state index in [1.54, 1.807) is 24.3 Å². The number of nitrogens with one attached hydrogen (secondary N) is 1. The Kier molecular flexibility index (Phi) is 5.54. The van der Waals surface area contributed by atoms with Crippen molar-refractivity contribution < 1.29 is 19.1 Å². The summed E-state index contributed by atoms with van der Waals surface area (Å²) in [7, 11) is 0. The zero-order chi connectivity index (χ0) is 18.7. The van der Waals surface area contributed by atoms with Gasteiger partial charge in [0.2, 0.25) is 5.91 Å². The minimum atomic E-state index is -0.798. The lowest BCUT2D eigenvalue weighted by Crippen LogP contribution is -2.45. The maximum absolute atomic E-state index is 13.4. The Hall–Kier alpha value is -2.44. The normalized spacial score (nSPS) is 19.4.